The lowest BCUT2D eigenvalue weighted by atomic mass is 9.77. The molecule has 0 aliphatic heterocycles. The molecule has 0 bridgehead atoms. The van der Waals surface area contributed by atoms with Gasteiger partial charge in [-0.2, -0.15) is 0 Å². The Morgan fingerprint density at radius 3 is 2.00 bits per heavy atom. The molecule has 1 saturated carbocycles. The first kappa shape index (κ1) is 10.5. The Bertz CT molecular complexity index is 121. The predicted octanol–water partition coefficient (Wildman–Crippen LogP) is 4.00. The molecule has 0 radical (unpaired) electrons. The van der Waals surface area contributed by atoms with E-state index >= 15 is 0 Å². The first-order valence-electron chi connectivity index (χ1n) is 5.52. The fourth-order valence-electron chi connectivity index (χ4n) is 2.50. The first-order chi connectivity index (χ1) is 5.73. The van der Waals surface area contributed by atoms with Gasteiger partial charge in [0.15, 0.2) is 0 Å². The third kappa shape index (κ3) is 2.22. The molecule has 0 aromatic heterocycles. The fourth-order valence-corrected chi connectivity index (χ4v) is 2.84. The van der Waals surface area contributed by atoms with Crippen molar-refractivity contribution in [2.45, 2.75) is 63.9 Å². The monoisotopic (exact) mass is 186 g/mol. The molecule has 1 fully saturated rings. The van der Waals surface area contributed by atoms with Gasteiger partial charge in [0.05, 0.1) is 0 Å². The van der Waals surface area contributed by atoms with E-state index in [2.05, 4.69) is 23.1 Å². The van der Waals surface area contributed by atoms with Gasteiger partial charge in [-0.05, 0) is 36.8 Å². The van der Waals surface area contributed by atoms with E-state index in [1.165, 1.54) is 44.9 Å². The van der Waals surface area contributed by atoms with Crippen molar-refractivity contribution in [3.8, 4) is 0 Å². The normalized spacial score (nSPS) is 21.2. The van der Waals surface area contributed by atoms with E-state index in [0.717, 1.165) is 5.92 Å². The zero-order valence-corrected chi connectivity index (χ0v) is 9.76. The Morgan fingerprint density at radius 1 is 1.08 bits per heavy atom. The average molecular weight is 186 g/mol. The molecule has 1 aliphatic carbocycles. The molecule has 0 spiro atoms. The van der Waals surface area contributed by atoms with Gasteiger partial charge in [0.25, 0.3) is 0 Å². The highest BCUT2D eigenvalue weighted by Crippen LogP contribution is 2.42. The molecule has 0 nitrogen and oxygen atoms in total. The smallest absolute Gasteiger partial charge is 0.0127 e. The molecule has 1 unspecified atom stereocenters. The molecule has 0 aromatic rings. The largest absolute Gasteiger partial charge is 0.131 e. The summed E-state index contributed by atoms with van der Waals surface area (Å²) < 4.78 is 0. The van der Waals surface area contributed by atoms with Crippen LogP contribution in [0.1, 0.15) is 58.8 Å². The Balaban J connectivity index is 2.51. The summed E-state index contributed by atoms with van der Waals surface area (Å²) in [6.07, 6.45) is 10.0. The lowest BCUT2D eigenvalue weighted by Crippen LogP contribution is -2.31. The second-order valence-electron chi connectivity index (χ2n) is 4.28. The third-order valence-corrected chi connectivity index (χ3v) is 5.02. The van der Waals surface area contributed by atoms with Crippen LogP contribution >= 0.6 is 9.24 Å². The fraction of sp³-hybridized carbons (Fsp3) is 1.00. The Morgan fingerprint density at radius 2 is 1.58 bits per heavy atom. The van der Waals surface area contributed by atoms with Crippen molar-refractivity contribution in [2.24, 2.45) is 5.92 Å². The molecule has 12 heavy (non-hydrogen) atoms. The number of hydrogen-bond donors (Lipinski definition) is 0. The van der Waals surface area contributed by atoms with Gasteiger partial charge in [-0.15, -0.1) is 9.24 Å². The zero-order valence-electron chi connectivity index (χ0n) is 8.60. The van der Waals surface area contributed by atoms with Crippen molar-refractivity contribution in [1.29, 1.82) is 0 Å². The molecule has 0 saturated heterocycles. The second kappa shape index (κ2) is 4.61. The second-order valence-corrected chi connectivity index (χ2v) is 5.43. The van der Waals surface area contributed by atoms with Crippen LogP contribution in [0.5, 0.6) is 0 Å². The van der Waals surface area contributed by atoms with Gasteiger partial charge in [0.1, 0.15) is 0 Å². The maximum Gasteiger partial charge on any atom is -0.0127 e. The molecule has 0 N–H and O–H groups in total. The summed E-state index contributed by atoms with van der Waals surface area (Å²) in [5.41, 5.74) is 0. The van der Waals surface area contributed by atoms with E-state index in [1.54, 1.807) is 0 Å². The lowest BCUT2D eigenvalue weighted by molar-refractivity contribution is 0.265. The number of rotatable bonds is 3. The van der Waals surface area contributed by atoms with E-state index in [1.807, 2.05) is 0 Å². The summed E-state index contributed by atoms with van der Waals surface area (Å²) in [5.74, 6) is 0.992. The number of hydrogen-bond acceptors (Lipinski definition) is 0. The highest BCUT2D eigenvalue weighted by molar-refractivity contribution is 7.19. The van der Waals surface area contributed by atoms with Gasteiger partial charge in [-0.3, -0.25) is 0 Å². The molecule has 1 rings (SSSR count). The quantitative estimate of drug-likeness (QED) is 0.584. The first-order valence-corrected chi connectivity index (χ1v) is 6.09. The standard InChI is InChI=1S/C11H23P/c1-3-11(12,4-2)10-8-6-5-7-9-10/h10H,3-9,12H2,1-2H3. The van der Waals surface area contributed by atoms with Crippen molar-refractivity contribution < 1.29 is 0 Å². The van der Waals surface area contributed by atoms with Crippen LogP contribution in [0.3, 0.4) is 0 Å². The SMILES string of the molecule is CCC(P)(CC)C1CCCCC1. The highest BCUT2D eigenvalue weighted by Gasteiger charge is 2.31. The Labute approximate surface area is 79.7 Å². The van der Waals surface area contributed by atoms with Gasteiger partial charge in [0, 0.05) is 0 Å². The van der Waals surface area contributed by atoms with Gasteiger partial charge >= 0.3 is 0 Å². The van der Waals surface area contributed by atoms with Crippen molar-refractivity contribution in [3.05, 3.63) is 0 Å². The maximum atomic E-state index is 3.14. The van der Waals surface area contributed by atoms with E-state index in [9.17, 15) is 0 Å². The van der Waals surface area contributed by atoms with Crippen LogP contribution in [0.2, 0.25) is 0 Å². The maximum absolute atomic E-state index is 3.14. The van der Waals surface area contributed by atoms with Crippen molar-refractivity contribution in [3.63, 3.8) is 0 Å². The summed E-state index contributed by atoms with van der Waals surface area (Å²) in [4.78, 5) is 0. The average Bonchev–Trinajstić information content (AvgIpc) is 2.18. The minimum Gasteiger partial charge on any atom is -0.131 e. The van der Waals surface area contributed by atoms with Crippen LogP contribution in [0.4, 0.5) is 0 Å². The molecule has 1 atom stereocenters. The molecule has 0 aromatic carbocycles. The van der Waals surface area contributed by atoms with Crippen LogP contribution in [0.25, 0.3) is 0 Å². The summed E-state index contributed by atoms with van der Waals surface area (Å²) in [6.45, 7) is 4.68. The van der Waals surface area contributed by atoms with E-state index in [4.69, 9.17) is 0 Å². The van der Waals surface area contributed by atoms with Crippen LogP contribution < -0.4 is 0 Å². The molecule has 72 valence electrons. The minimum absolute atomic E-state index is 0.570. The summed E-state index contributed by atoms with van der Waals surface area (Å²) in [7, 11) is 3.14. The molecular weight excluding hydrogens is 163 g/mol. The lowest BCUT2D eigenvalue weighted by Gasteiger charge is -2.38. The Hall–Kier alpha value is 0.430. The van der Waals surface area contributed by atoms with E-state index in [-0.39, 0.29) is 0 Å². The topological polar surface area (TPSA) is 0 Å². The highest BCUT2D eigenvalue weighted by atomic mass is 31.0. The molecule has 1 heteroatoms. The van der Waals surface area contributed by atoms with Gasteiger partial charge in [-0.1, -0.05) is 33.1 Å². The van der Waals surface area contributed by atoms with Crippen molar-refractivity contribution in [1.82, 2.24) is 0 Å². The zero-order chi connectivity index (χ0) is 9.03. The molecule has 1 aliphatic rings. The van der Waals surface area contributed by atoms with Crippen LogP contribution in [0, 0.1) is 5.92 Å². The summed E-state index contributed by atoms with van der Waals surface area (Å²) in [5, 5.41) is 0.570. The van der Waals surface area contributed by atoms with Gasteiger partial charge in [0.2, 0.25) is 0 Å². The predicted molar refractivity (Wildman–Crippen MR) is 59.6 cm³/mol. The third-order valence-electron chi connectivity index (χ3n) is 3.73. The molecular formula is C11H23P. The van der Waals surface area contributed by atoms with Crippen molar-refractivity contribution in [2.75, 3.05) is 0 Å². The summed E-state index contributed by atoms with van der Waals surface area (Å²) in [6, 6.07) is 0. The molecule has 0 heterocycles. The Kier molecular flexibility index (Phi) is 4.03. The minimum atomic E-state index is 0.570. The van der Waals surface area contributed by atoms with Crippen LogP contribution in [-0.4, -0.2) is 5.16 Å². The van der Waals surface area contributed by atoms with Gasteiger partial charge < -0.3 is 0 Å². The van der Waals surface area contributed by atoms with Crippen LogP contribution in [0.15, 0.2) is 0 Å². The molecule has 0 amide bonds. The van der Waals surface area contributed by atoms with E-state index in [0.29, 0.717) is 5.16 Å². The summed E-state index contributed by atoms with van der Waals surface area (Å²) >= 11 is 0. The van der Waals surface area contributed by atoms with Crippen molar-refractivity contribution >= 4 is 9.24 Å². The van der Waals surface area contributed by atoms with E-state index < -0.39 is 0 Å². The van der Waals surface area contributed by atoms with Crippen LogP contribution in [-0.2, 0) is 0 Å². The van der Waals surface area contributed by atoms with Gasteiger partial charge in [-0.25, -0.2) is 0 Å².